The van der Waals surface area contributed by atoms with Crippen molar-refractivity contribution in [1.82, 2.24) is 10.2 Å². The maximum absolute atomic E-state index is 12.5. The number of carbonyl (C=O) groups is 3. The van der Waals surface area contributed by atoms with E-state index in [9.17, 15) is 14.4 Å². The Labute approximate surface area is 144 Å². The Morgan fingerprint density at radius 1 is 1.29 bits per heavy atom. The Morgan fingerprint density at radius 3 is 2.79 bits per heavy atom. The van der Waals surface area contributed by atoms with Crippen molar-refractivity contribution >= 4 is 29.5 Å². The number of thioether (sulfide) groups is 1. The van der Waals surface area contributed by atoms with Crippen molar-refractivity contribution in [2.24, 2.45) is 5.92 Å². The molecule has 24 heavy (non-hydrogen) atoms. The lowest BCUT2D eigenvalue weighted by atomic mass is 10.1. The van der Waals surface area contributed by atoms with Gasteiger partial charge in [-0.25, -0.2) is 4.79 Å². The van der Waals surface area contributed by atoms with Crippen molar-refractivity contribution < 1.29 is 19.5 Å². The van der Waals surface area contributed by atoms with Gasteiger partial charge in [-0.3, -0.25) is 9.59 Å². The number of carbonyl (C=O) groups excluding carboxylic acids is 2. The Balaban J connectivity index is 1.61. The molecule has 128 valence electrons. The fourth-order valence-corrected chi connectivity index (χ4v) is 3.86. The highest BCUT2D eigenvalue weighted by Gasteiger charge is 2.35. The van der Waals surface area contributed by atoms with Gasteiger partial charge in [0.1, 0.15) is 6.04 Å². The van der Waals surface area contributed by atoms with Crippen molar-refractivity contribution in [3.8, 4) is 0 Å². The van der Waals surface area contributed by atoms with Gasteiger partial charge in [0, 0.05) is 12.3 Å². The monoisotopic (exact) mass is 348 g/mol. The molecule has 6 nitrogen and oxygen atoms in total. The number of hydrogen-bond donors (Lipinski definition) is 2. The van der Waals surface area contributed by atoms with Crippen LogP contribution in [-0.2, 0) is 16.0 Å². The third-order valence-electron chi connectivity index (χ3n) is 4.30. The summed E-state index contributed by atoms with van der Waals surface area (Å²) in [5.74, 6) is 0.467. The molecule has 1 heterocycles. The van der Waals surface area contributed by atoms with Gasteiger partial charge in [0.25, 0.3) is 0 Å². The number of carboxylic acids is 1. The first-order valence-corrected chi connectivity index (χ1v) is 9.17. The molecule has 0 bridgehead atoms. The molecule has 3 rings (SSSR count). The van der Waals surface area contributed by atoms with Crippen LogP contribution in [-0.4, -0.2) is 52.0 Å². The van der Waals surface area contributed by atoms with Gasteiger partial charge in [0.2, 0.25) is 11.8 Å². The van der Waals surface area contributed by atoms with Gasteiger partial charge in [-0.1, -0.05) is 12.1 Å². The van der Waals surface area contributed by atoms with Crippen LogP contribution in [0.15, 0.2) is 24.3 Å². The topological polar surface area (TPSA) is 86.7 Å². The number of hydrogen-bond acceptors (Lipinski definition) is 4. The third kappa shape index (κ3) is 4.08. The normalized spacial score (nSPS) is 20.0. The van der Waals surface area contributed by atoms with E-state index >= 15 is 0 Å². The lowest BCUT2D eigenvalue weighted by Crippen LogP contribution is -2.48. The van der Waals surface area contributed by atoms with E-state index in [2.05, 4.69) is 5.32 Å². The zero-order chi connectivity index (χ0) is 17.1. The minimum atomic E-state index is -1.02. The SMILES string of the molecule is O=C(O)c1cccc(CC(=O)N2CSCC2C(=O)NCC2CC2)c1. The van der Waals surface area contributed by atoms with Gasteiger partial charge in [-0.15, -0.1) is 11.8 Å². The molecule has 0 spiro atoms. The van der Waals surface area contributed by atoms with Crippen LogP contribution in [0.2, 0.25) is 0 Å². The van der Waals surface area contributed by atoms with Crippen molar-refractivity contribution in [2.75, 3.05) is 18.2 Å². The molecule has 1 aliphatic carbocycles. The molecule has 7 heteroatoms. The van der Waals surface area contributed by atoms with E-state index in [0.29, 0.717) is 29.7 Å². The highest BCUT2D eigenvalue weighted by atomic mass is 32.2. The van der Waals surface area contributed by atoms with Crippen molar-refractivity contribution in [3.63, 3.8) is 0 Å². The van der Waals surface area contributed by atoms with Crippen LogP contribution in [0.1, 0.15) is 28.8 Å². The Morgan fingerprint density at radius 2 is 2.08 bits per heavy atom. The summed E-state index contributed by atoms with van der Waals surface area (Å²) in [5, 5.41) is 12.0. The molecule has 1 aromatic carbocycles. The first-order chi connectivity index (χ1) is 11.5. The van der Waals surface area contributed by atoms with Gasteiger partial charge >= 0.3 is 5.97 Å². The van der Waals surface area contributed by atoms with E-state index < -0.39 is 12.0 Å². The summed E-state index contributed by atoms with van der Waals surface area (Å²) in [6.07, 6.45) is 2.44. The lowest BCUT2D eigenvalue weighted by Gasteiger charge is -2.23. The quantitative estimate of drug-likeness (QED) is 0.810. The van der Waals surface area contributed by atoms with Gasteiger partial charge in [0.05, 0.1) is 17.9 Å². The predicted molar refractivity (Wildman–Crippen MR) is 90.8 cm³/mol. The fourth-order valence-electron chi connectivity index (χ4n) is 2.68. The van der Waals surface area contributed by atoms with Crippen LogP contribution < -0.4 is 5.32 Å². The van der Waals surface area contributed by atoms with Crippen LogP contribution >= 0.6 is 11.8 Å². The molecule has 2 aliphatic rings. The summed E-state index contributed by atoms with van der Waals surface area (Å²) in [7, 11) is 0. The largest absolute Gasteiger partial charge is 0.478 e. The summed E-state index contributed by atoms with van der Waals surface area (Å²) in [4.78, 5) is 37.5. The molecule has 1 unspecified atom stereocenters. The third-order valence-corrected chi connectivity index (χ3v) is 5.31. The van der Waals surface area contributed by atoms with Crippen molar-refractivity contribution in [3.05, 3.63) is 35.4 Å². The fraction of sp³-hybridized carbons (Fsp3) is 0.471. The average molecular weight is 348 g/mol. The van der Waals surface area contributed by atoms with Gasteiger partial charge in [-0.2, -0.15) is 0 Å². The van der Waals surface area contributed by atoms with Crippen LogP contribution in [0.4, 0.5) is 0 Å². The second-order valence-corrected chi connectivity index (χ2v) is 7.25. The minimum absolute atomic E-state index is 0.0838. The summed E-state index contributed by atoms with van der Waals surface area (Å²) in [6.45, 7) is 0.697. The molecule has 2 amide bonds. The van der Waals surface area contributed by atoms with E-state index in [0.717, 1.165) is 0 Å². The van der Waals surface area contributed by atoms with Crippen molar-refractivity contribution in [1.29, 1.82) is 0 Å². The molecule has 0 radical (unpaired) electrons. The minimum Gasteiger partial charge on any atom is -0.478 e. The van der Waals surface area contributed by atoms with Crippen LogP contribution in [0.5, 0.6) is 0 Å². The second kappa shape index (κ2) is 7.25. The van der Waals surface area contributed by atoms with Gasteiger partial charge in [-0.05, 0) is 36.5 Å². The summed E-state index contributed by atoms with van der Waals surface area (Å²) in [5.41, 5.74) is 0.809. The molecule has 1 saturated carbocycles. The molecule has 1 aliphatic heterocycles. The molecule has 1 aromatic rings. The van der Waals surface area contributed by atoms with E-state index in [4.69, 9.17) is 5.11 Å². The number of nitrogens with one attached hydrogen (secondary N) is 1. The Hall–Kier alpha value is -2.02. The smallest absolute Gasteiger partial charge is 0.335 e. The molecular weight excluding hydrogens is 328 g/mol. The van der Waals surface area contributed by atoms with Crippen LogP contribution in [0.3, 0.4) is 0 Å². The maximum atomic E-state index is 12.5. The first kappa shape index (κ1) is 16.8. The van der Waals surface area contributed by atoms with Gasteiger partial charge < -0.3 is 15.3 Å². The summed E-state index contributed by atoms with van der Waals surface area (Å²) < 4.78 is 0. The van der Waals surface area contributed by atoms with Crippen LogP contribution in [0, 0.1) is 5.92 Å². The maximum Gasteiger partial charge on any atom is 0.335 e. The van der Waals surface area contributed by atoms with E-state index in [-0.39, 0.29) is 23.8 Å². The first-order valence-electron chi connectivity index (χ1n) is 8.02. The zero-order valence-electron chi connectivity index (χ0n) is 13.2. The molecule has 2 fully saturated rings. The standard InChI is InChI=1S/C17H20N2O4S/c20-15(7-12-2-1-3-13(6-12)17(22)23)19-10-24-9-14(19)16(21)18-8-11-4-5-11/h1-3,6,11,14H,4-5,7-10H2,(H,18,21)(H,22,23). The molecule has 0 aromatic heterocycles. The highest BCUT2D eigenvalue weighted by Crippen LogP contribution is 2.28. The number of benzene rings is 1. The Kier molecular flexibility index (Phi) is 5.08. The van der Waals surface area contributed by atoms with E-state index in [1.165, 1.54) is 25.0 Å². The van der Waals surface area contributed by atoms with E-state index in [1.807, 2.05) is 0 Å². The highest BCUT2D eigenvalue weighted by molar-refractivity contribution is 7.99. The van der Waals surface area contributed by atoms with E-state index in [1.54, 1.807) is 28.8 Å². The number of nitrogens with zero attached hydrogens (tertiary/aromatic N) is 1. The molecular formula is C17H20N2O4S. The molecule has 1 atom stereocenters. The number of carboxylic acid groups (broad SMARTS) is 1. The van der Waals surface area contributed by atoms with Crippen LogP contribution in [0.25, 0.3) is 0 Å². The Bertz CT molecular complexity index is 660. The molecule has 2 N–H and O–H groups in total. The van der Waals surface area contributed by atoms with Gasteiger partial charge in [0.15, 0.2) is 0 Å². The number of aromatic carboxylic acids is 1. The number of amides is 2. The second-order valence-electron chi connectivity index (χ2n) is 6.25. The summed E-state index contributed by atoms with van der Waals surface area (Å²) >= 11 is 1.57. The number of rotatable bonds is 6. The average Bonchev–Trinajstić information content (AvgIpc) is 3.26. The predicted octanol–water partition coefficient (Wildman–Crippen LogP) is 1.35. The van der Waals surface area contributed by atoms with Crippen molar-refractivity contribution in [2.45, 2.75) is 25.3 Å². The molecule has 1 saturated heterocycles. The summed E-state index contributed by atoms with van der Waals surface area (Å²) in [6, 6.07) is 5.94. The lowest BCUT2D eigenvalue weighted by molar-refractivity contribution is -0.137. The zero-order valence-corrected chi connectivity index (χ0v) is 14.1.